The van der Waals surface area contributed by atoms with Crippen LogP contribution in [-0.4, -0.2) is 4.98 Å². The number of benzene rings is 5. The van der Waals surface area contributed by atoms with E-state index in [2.05, 4.69) is 130 Å². The molecule has 4 heteroatoms. The van der Waals surface area contributed by atoms with Crippen molar-refractivity contribution in [3.8, 4) is 22.3 Å². The maximum absolute atomic E-state index is 6.53. The second-order valence-corrected chi connectivity index (χ2v) is 12.4. The highest BCUT2D eigenvalue weighted by Gasteiger charge is 2.54. The van der Waals surface area contributed by atoms with E-state index in [0.29, 0.717) is 0 Å². The van der Waals surface area contributed by atoms with Crippen LogP contribution in [0, 0.1) is 6.92 Å². The van der Waals surface area contributed by atoms with E-state index in [9.17, 15) is 0 Å². The van der Waals surface area contributed by atoms with Crippen molar-refractivity contribution in [1.82, 2.24) is 4.98 Å². The summed E-state index contributed by atoms with van der Waals surface area (Å²) in [5.41, 5.74) is 12.3. The van der Waals surface area contributed by atoms with Gasteiger partial charge in [-0.1, -0.05) is 76.6 Å². The minimum Gasteiger partial charge on any atom is -0.455 e. The van der Waals surface area contributed by atoms with Crippen molar-refractivity contribution in [2.24, 2.45) is 0 Å². The molecule has 2 aliphatic rings. The minimum atomic E-state index is -0.524. The predicted molar refractivity (Wildman–Crippen MR) is 165 cm³/mol. The van der Waals surface area contributed by atoms with Gasteiger partial charge in [-0.3, -0.25) is 4.98 Å². The number of halogens is 2. The molecule has 184 valence electrons. The van der Waals surface area contributed by atoms with Gasteiger partial charge in [0.25, 0.3) is 0 Å². The second kappa shape index (κ2) is 7.47. The molecule has 2 nitrogen and oxygen atoms in total. The summed E-state index contributed by atoms with van der Waals surface area (Å²) in [6.45, 7) is 2.13. The van der Waals surface area contributed by atoms with Crippen molar-refractivity contribution >= 4 is 64.6 Å². The molecular weight excluding hydrogens is 610 g/mol. The Morgan fingerprint density at radius 2 is 1.56 bits per heavy atom. The number of hydrogen-bond acceptors (Lipinski definition) is 2. The van der Waals surface area contributed by atoms with Crippen molar-refractivity contribution in [3.63, 3.8) is 0 Å². The molecule has 1 unspecified atom stereocenters. The molecule has 39 heavy (non-hydrogen) atoms. The van der Waals surface area contributed by atoms with E-state index in [4.69, 9.17) is 9.40 Å². The van der Waals surface area contributed by atoms with Crippen molar-refractivity contribution in [2.45, 2.75) is 12.3 Å². The number of aromatic nitrogens is 1. The van der Waals surface area contributed by atoms with E-state index in [0.717, 1.165) is 36.6 Å². The van der Waals surface area contributed by atoms with Gasteiger partial charge < -0.3 is 4.42 Å². The first kappa shape index (κ1) is 22.1. The van der Waals surface area contributed by atoms with Gasteiger partial charge in [-0.2, -0.15) is 0 Å². The van der Waals surface area contributed by atoms with Crippen molar-refractivity contribution in [1.29, 1.82) is 0 Å². The van der Waals surface area contributed by atoms with Crippen LogP contribution in [0.1, 0.15) is 27.9 Å². The maximum Gasteiger partial charge on any atom is 0.150 e. The molecular formula is C35H19Br2NO. The molecule has 0 saturated carbocycles. The molecule has 1 spiro atoms. The fraction of sp³-hybridized carbons (Fsp3) is 0.0571. The normalized spacial score (nSPS) is 16.7. The fourth-order valence-corrected chi connectivity index (χ4v) is 8.08. The van der Waals surface area contributed by atoms with Crippen LogP contribution in [0.15, 0.2) is 111 Å². The smallest absolute Gasteiger partial charge is 0.150 e. The van der Waals surface area contributed by atoms with Crippen molar-refractivity contribution in [2.75, 3.05) is 0 Å². The molecule has 2 aliphatic carbocycles. The van der Waals surface area contributed by atoms with Crippen LogP contribution < -0.4 is 0 Å². The van der Waals surface area contributed by atoms with Crippen molar-refractivity contribution in [3.05, 3.63) is 134 Å². The zero-order valence-electron chi connectivity index (χ0n) is 20.8. The predicted octanol–water partition coefficient (Wildman–Crippen LogP) is 10.3. The molecule has 0 saturated heterocycles. The molecule has 0 fully saturated rings. The summed E-state index contributed by atoms with van der Waals surface area (Å²) >= 11 is 7.58. The minimum absolute atomic E-state index is 0.524. The molecule has 9 rings (SSSR count). The van der Waals surface area contributed by atoms with Gasteiger partial charge in [-0.15, -0.1) is 0 Å². The van der Waals surface area contributed by atoms with Crippen LogP contribution in [0.25, 0.3) is 55.0 Å². The quantitative estimate of drug-likeness (QED) is 0.167. The summed E-state index contributed by atoms with van der Waals surface area (Å²) in [6, 6.07) is 33.1. The molecule has 5 aromatic carbocycles. The van der Waals surface area contributed by atoms with Gasteiger partial charge in [0.05, 0.1) is 15.6 Å². The highest BCUT2D eigenvalue weighted by molar-refractivity contribution is 9.11. The highest BCUT2D eigenvalue weighted by Crippen LogP contribution is 2.65. The second-order valence-electron chi connectivity index (χ2n) is 10.6. The van der Waals surface area contributed by atoms with Crippen LogP contribution in [0.3, 0.4) is 0 Å². The molecule has 0 amide bonds. The Labute approximate surface area is 241 Å². The summed E-state index contributed by atoms with van der Waals surface area (Å²) in [7, 11) is 0. The lowest BCUT2D eigenvalue weighted by molar-refractivity contribution is 0.666. The summed E-state index contributed by atoms with van der Waals surface area (Å²) in [5.74, 6) is 0. The van der Waals surface area contributed by atoms with Gasteiger partial charge in [0.2, 0.25) is 0 Å². The topological polar surface area (TPSA) is 26.0 Å². The van der Waals surface area contributed by atoms with Crippen LogP contribution in [-0.2, 0) is 5.41 Å². The van der Waals surface area contributed by atoms with E-state index in [1.165, 1.54) is 55.3 Å². The monoisotopic (exact) mass is 627 g/mol. The lowest BCUT2D eigenvalue weighted by atomic mass is 9.72. The first-order chi connectivity index (χ1) is 19.1. The molecule has 2 aromatic heterocycles. The van der Waals surface area contributed by atoms with Crippen LogP contribution in [0.2, 0.25) is 0 Å². The molecule has 0 aliphatic heterocycles. The number of nitrogens with zero attached hydrogens (tertiary/aromatic N) is 1. The Hall–Kier alpha value is -3.73. The number of furan rings is 1. The molecule has 0 N–H and O–H groups in total. The molecule has 2 heterocycles. The zero-order chi connectivity index (χ0) is 26.0. The van der Waals surface area contributed by atoms with E-state index in [1.807, 2.05) is 6.20 Å². The standard InChI is InChI=1S/C35H19Br2NO/c1-18-14-24-22-8-4-5-9-25(22)35(34(24)38-17-18)26-13-10-19-6-2-3-7-21(19)30(26)32-27(35)16-28(37)33-31(32)23-12-11-20(36)15-29(23)39-33/h2-17H,1H3. The SMILES string of the molecule is Cc1cnc2c(c1)-c1ccccc1C21c2ccc3ccccc3c2-c2c1cc(Br)c1oc3cc(Br)ccc3c21. The zero-order valence-corrected chi connectivity index (χ0v) is 24.0. The van der Waals surface area contributed by atoms with Crippen molar-refractivity contribution < 1.29 is 4.42 Å². The first-order valence-electron chi connectivity index (χ1n) is 13.0. The van der Waals surface area contributed by atoms with Gasteiger partial charge >= 0.3 is 0 Å². The van der Waals surface area contributed by atoms with Gasteiger partial charge in [-0.25, -0.2) is 0 Å². The number of fused-ring (bicyclic) bond motifs is 16. The number of hydrogen-bond donors (Lipinski definition) is 0. The molecule has 0 radical (unpaired) electrons. The van der Waals surface area contributed by atoms with Crippen LogP contribution in [0.4, 0.5) is 0 Å². The number of pyridine rings is 1. The number of rotatable bonds is 0. The van der Waals surface area contributed by atoms with Gasteiger partial charge in [0, 0.05) is 27.0 Å². The van der Waals surface area contributed by atoms with E-state index >= 15 is 0 Å². The molecule has 1 atom stereocenters. The van der Waals surface area contributed by atoms with Crippen LogP contribution >= 0.6 is 31.9 Å². The van der Waals surface area contributed by atoms with Gasteiger partial charge in [0.1, 0.15) is 11.2 Å². The molecule has 0 bridgehead atoms. The highest BCUT2D eigenvalue weighted by atomic mass is 79.9. The third kappa shape index (κ3) is 2.60. The Bertz CT molecular complexity index is 2230. The molecule has 7 aromatic rings. The summed E-state index contributed by atoms with van der Waals surface area (Å²) in [6.07, 6.45) is 2.02. The summed E-state index contributed by atoms with van der Waals surface area (Å²) in [4.78, 5) is 5.21. The Morgan fingerprint density at radius 3 is 2.49 bits per heavy atom. The third-order valence-corrected chi connectivity index (χ3v) is 9.73. The summed E-state index contributed by atoms with van der Waals surface area (Å²) in [5, 5.41) is 4.75. The lowest BCUT2D eigenvalue weighted by Crippen LogP contribution is -2.27. The Morgan fingerprint density at radius 1 is 0.718 bits per heavy atom. The Kier molecular flexibility index (Phi) is 4.24. The maximum atomic E-state index is 6.53. The first-order valence-corrected chi connectivity index (χ1v) is 14.6. The Balaban J connectivity index is 1.59. The third-order valence-electron chi connectivity index (χ3n) is 8.65. The van der Waals surface area contributed by atoms with E-state index in [1.54, 1.807) is 0 Å². The summed E-state index contributed by atoms with van der Waals surface area (Å²) < 4.78 is 8.49. The van der Waals surface area contributed by atoms with Gasteiger partial charge in [0.15, 0.2) is 0 Å². The number of aryl methyl sites for hydroxylation is 1. The van der Waals surface area contributed by atoms with E-state index in [-0.39, 0.29) is 0 Å². The fourth-order valence-electron chi connectivity index (χ4n) is 7.23. The average molecular weight is 629 g/mol. The lowest BCUT2D eigenvalue weighted by Gasteiger charge is -2.29. The average Bonchev–Trinajstić information content (AvgIpc) is 3.56. The van der Waals surface area contributed by atoms with Crippen LogP contribution in [0.5, 0.6) is 0 Å². The largest absolute Gasteiger partial charge is 0.455 e. The van der Waals surface area contributed by atoms with Gasteiger partial charge in [-0.05, 0) is 103 Å². The van der Waals surface area contributed by atoms with E-state index < -0.39 is 5.41 Å².